The fourth-order valence-electron chi connectivity index (χ4n) is 3.61. The topological polar surface area (TPSA) is 151 Å². The number of carbonyl (C=O) groups excluding carboxylic acids is 1. The number of benzene rings is 2. The molecule has 0 aliphatic heterocycles. The molecule has 3 rings (SSSR count). The van der Waals surface area contributed by atoms with Crippen LogP contribution in [-0.4, -0.2) is 70.6 Å². The lowest BCUT2D eigenvalue weighted by Crippen LogP contribution is -2.39. The fraction of sp³-hybridized carbons (Fsp3) is 0.280. The molecule has 0 aliphatic carbocycles. The molecule has 208 valence electrons. The van der Waals surface area contributed by atoms with Crippen LogP contribution in [0.25, 0.3) is 0 Å². The van der Waals surface area contributed by atoms with Crippen molar-refractivity contribution in [3.8, 4) is 0 Å². The van der Waals surface area contributed by atoms with Gasteiger partial charge in [0.25, 0.3) is 11.7 Å². The van der Waals surface area contributed by atoms with Crippen molar-refractivity contribution in [1.29, 1.82) is 0 Å². The van der Waals surface area contributed by atoms with Gasteiger partial charge < -0.3 is 25.1 Å². The van der Waals surface area contributed by atoms with Gasteiger partial charge in [-0.2, -0.15) is 18.2 Å². The summed E-state index contributed by atoms with van der Waals surface area (Å²) in [5.41, 5.74) is -0.824. The van der Waals surface area contributed by atoms with Crippen LogP contribution in [0.3, 0.4) is 0 Å². The minimum Gasteiger partial charge on any atom is -0.477 e. The highest BCUT2D eigenvalue weighted by atomic mass is 19.4. The van der Waals surface area contributed by atoms with E-state index in [0.29, 0.717) is 10.6 Å². The highest BCUT2D eigenvalue weighted by Gasteiger charge is 2.43. The molecule has 0 saturated heterocycles. The third-order valence-electron chi connectivity index (χ3n) is 5.61. The molecule has 2 aromatic carbocycles. The number of hydroxylamine groups is 1. The molecule has 0 saturated carbocycles. The molecule has 39 heavy (non-hydrogen) atoms. The van der Waals surface area contributed by atoms with Gasteiger partial charge in [-0.1, -0.05) is 12.1 Å². The Hall–Kier alpha value is -4.27. The van der Waals surface area contributed by atoms with Crippen LogP contribution in [0.1, 0.15) is 32.9 Å². The molecule has 0 bridgehead atoms. The zero-order chi connectivity index (χ0) is 29.3. The SMILES string of the molecule is CN(C)c1nc(Cc2ccc(N(O)C(=O)c3ccc(C(F)(F)F)cc3)cc2)nc(N(C)C)c1C(O)(O)C(=O)O. The van der Waals surface area contributed by atoms with Gasteiger partial charge in [-0.15, -0.1) is 0 Å². The van der Waals surface area contributed by atoms with Crippen molar-refractivity contribution in [3.05, 3.63) is 76.6 Å². The molecule has 0 atom stereocenters. The Morgan fingerprint density at radius 3 is 1.74 bits per heavy atom. The van der Waals surface area contributed by atoms with Crippen LogP contribution in [0.2, 0.25) is 0 Å². The van der Waals surface area contributed by atoms with Crippen LogP contribution in [0.15, 0.2) is 48.5 Å². The Balaban J connectivity index is 1.88. The average Bonchev–Trinajstić information content (AvgIpc) is 2.87. The number of aliphatic hydroxyl groups is 2. The average molecular weight is 550 g/mol. The van der Waals surface area contributed by atoms with Crippen molar-refractivity contribution in [2.24, 2.45) is 0 Å². The van der Waals surface area contributed by atoms with Gasteiger partial charge in [0.05, 0.1) is 11.3 Å². The number of hydrogen-bond acceptors (Lipinski definition) is 9. The van der Waals surface area contributed by atoms with Gasteiger partial charge in [0.1, 0.15) is 23.0 Å². The van der Waals surface area contributed by atoms with Crippen LogP contribution in [-0.2, 0) is 23.2 Å². The smallest absolute Gasteiger partial charge is 0.416 e. The van der Waals surface area contributed by atoms with Crippen molar-refractivity contribution < 1.29 is 43.3 Å². The summed E-state index contributed by atoms with van der Waals surface area (Å²) >= 11 is 0. The van der Waals surface area contributed by atoms with Crippen LogP contribution < -0.4 is 14.9 Å². The molecule has 0 radical (unpaired) electrons. The summed E-state index contributed by atoms with van der Waals surface area (Å²) < 4.78 is 38.3. The Morgan fingerprint density at radius 2 is 1.33 bits per heavy atom. The third-order valence-corrected chi connectivity index (χ3v) is 5.61. The Labute approximate surface area is 220 Å². The first kappa shape index (κ1) is 29.3. The second-order valence-electron chi connectivity index (χ2n) is 8.96. The van der Waals surface area contributed by atoms with Crippen molar-refractivity contribution in [1.82, 2.24) is 9.97 Å². The molecule has 1 heterocycles. The molecule has 0 unspecified atom stereocenters. The van der Waals surface area contributed by atoms with Gasteiger partial charge in [0, 0.05) is 40.2 Å². The highest BCUT2D eigenvalue weighted by molar-refractivity contribution is 6.04. The number of carboxylic acids is 1. The maximum Gasteiger partial charge on any atom is 0.416 e. The minimum atomic E-state index is -4.56. The maximum absolute atomic E-state index is 12.8. The molecule has 0 spiro atoms. The summed E-state index contributed by atoms with van der Waals surface area (Å²) in [7, 11) is 6.19. The molecule has 11 nitrogen and oxygen atoms in total. The van der Waals surface area contributed by atoms with Crippen LogP contribution >= 0.6 is 0 Å². The van der Waals surface area contributed by atoms with E-state index >= 15 is 0 Å². The van der Waals surface area contributed by atoms with Crippen molar-refractivity contribution >= 4 is 29.2 Å². The number of halogens is 3. The zero-order valence-electron chi connectivity index (χ0n) is 21.3. The number of rotatable bonds is 8. The Kier molecular flexibility index (Phi) is 8.14. The minimum absolute atomic E-state index is 0.0311. The lowest BCUT2D eigenvalue weighted by molar-refractivity contribution is -0.207. The number of nitrogens with zero attached hydrogens (tertiary/aromatic N) is 5. The number of hydrogen-bond donors (Lipinski definition) is 4. The molecule has 14 heteroatoms. The molecule has 3 aromatic rings. The lowest BCUT2D eigenvalue weighted by atomic mass is 10.1. The quantitative estimate of drug-likeness (QED) is 0.187. The summed E-state index contributed by atoms with van der Waals surface area (Å²) in [6, 6.07) is 9.34. The van der Waals surface area contributed by atoms with Crippen molar-refractivity contribution in [2.75, 3.05) is 43.1 Å². The van der Waals surface area contributed by atoms with Crippen LogP contribution in [0, 0.1) is 0 Å². The van der Waals surface area contributed by atoms with Gasteiger partial charge in [-0.3, -0.25) is 10.0 Å². The summed E-state index contributed by atoms with van der Waals surface area (Å²) in [4.78, 5) is 35.5. The summed E-state index contributed by atoms with van der Waals surface area (Å²) in [5, 5.41) is 40.5. The van der Waals surface area contributed by atoms with Gasteiger partial charge in [-0.05, 0) is 42.0 Å². The second kappa shape index (κ2) is 10.8. The van der Waals surface area contributed by atoms with E-state index in [2.05, 4.69) is 9.97 Å². The van der Waals surface area contributed by atoms with E-state index in [1.54, 1.807) is 40.3 Å². The van der Waals surface area contributed by atoms with E-state index in [1.165, 1.54) is 21.9 Å². The summed E-state index contributed by atoms with van der Waals surface area (Å²) in [6.07, 6.45) is -4.45. The molecule has 4 N–H and O–H groups in total. The fourth-order valence-corrected chi connectivity index (χ4v) is 3.61. The standard InChI is InChI=1S/C25H26F3N5O6/c1-31(2)20-19(24(37,38)23(35)36)21(32(3)4)30-18(29-20)13-14-5-11-17(12-6-14)33(39)22(34)15-7-9-16(10-8-15)25(26,27)28/h5-12,37-39H,13H2,1-4H3,(H,35,36). The lowest BCUT2D eigenvalue weighted by Gasteiger charge is -2.28. The van der Waals surface area contributed by atoms with Gasteiger partial charge >= 0.3 is 12.1 Å². The molecule has 1 amide bonds. The first-order valence-corrected chi connectivity index (χ1v) is 11.3. The van der Waals surface area contributed by atoms with Crippen LogP contribution in [0.5, 0.6) is 0 Å². The molecular weight excluding hydrogens is 523 g/mol. The number of amides is 1. The van der Waals surface area contributed by atoms with Gasteiger partial charge in [0.2, 0.25) is 0 Å². The zero-order valence-corrected chi connectivity index (χ0v) is 21.3. The third kappa shape index (κ3) is 6.25. The number of alkyl halides is 3. The number of carbonyl (C=O) groups is 2. The summed E-state index contributed by atoms with van der Waals surface area (Å²) in [6.45, 7) is 0. The monoisotopic (exact) mass is 549 g/mol. The number of aliphatic carboxylic acids is 1. The normalized spacial score (nSPS) is 11.7. The maximum atomic E-state index is 12.8. The van der Waals surface area contributed by atoms with Gasteiger partial charge in [-0.25, -0.2) is 14.8 Å². The van der Waals surface area contributed by atoms with E-state index in [0.717, 1.165) is 24.3 Å². The number of anilines is 3. The van der Waals surface area contributed by atoms with E-state index in [1.807, 2.05) is 0 Å². The first-order chi connectivity index (χ1) is 18.0. The van der Waals surface area contributed by atoms with E-state index in [4.69, 9.17) is 0 Å². The first-order valence-electron chi connectivity index (χ1n) is 11.3. The Morgan fingerprint density at radius 1 is 0.846 bits per heavy atom. The highest BCUT2D eigenvalue weighted by Crippen LogP contribution is 2.35. The molecule has 0 aliphatic rings. The molecule has 1 aromatic heterocycles. The largest absolute Gasteiger partial charge is 0.477 e. The predicted molar refractivity (Wildman–Crippen MR) is 134 cm³/mol. The van der Waals surface area contributed by atoms with E-state index in [-0.39, 0.29) is 35.1 Å². The predicted octanol–water partition coefficient (Wildman–Crippen LogP) is 2.48. The molecule has 0 fully saturated rings. The Bertz CT molecular complexity index is 1330. The number of aromatic nitrogens is 2. The van der Waals surface area contributed by atoms with Crippen LogP contribution in [0.4, 0.5) is 30.5 Å². The number of carboxylic acid groups (broad SMARTS) is 1. The molecular formula is C25H26F3N5O6. The second-order valence-corrected chi connectivity index (χ2v) is 8.96. The van der Waals surface area contributed by atoms with Crippen molar-refractivity contribution in [3.63, 3.8) is 0 Å². The van der Waals surface area contributed by atoms with Gasteiger partial charge in [0.15, 0.2) is 0 Å². The van der Waals surface area contributed by atoms with E-state index in [9.17, 15) is 43.3 Å². The summed E-state index contributed by atoms with van der Waals surface area (Å²) in [5.74, 6) is -5.95. The van der Waals surface area contributed by atoms with E-state index < -0.39 is 35.0 Å². The van der Waals surface area contributed by atoms with Crippen molar-refractivity contribution in [2.45, 2.75) is 18.4 Å².